The van der Waals surface area contributed by atoms with Gasteiger partial charge in [0.25, 0.3) is 0 Å². The third kappa shape index (κ3) is 3.69. The Morgan fingerprint density at radius 1 is 1.00 bits per heavy atom. The summed E-state index contributed by atoms with van der Waals surface area (Å²) < 4.78 is 10.3. The maximum absolute atomic E-state index is 12.4. The van der Waals surface area contributed by atoms with E-state index < -0.39 is 0 Å². The van der Waals surface area contributed by atoms with Gasteiger partial charge in [0.15, 0.2) is 5.78 Å². The lowest BCUT2D eigenvalue weighted by Crippen LogP contribution is -2.05. The van der Waals surface area contributed by atoms with E-state index in [1.807, 2.05) is 0 Å². The Bertz CT molecular complexity index is 626. The average molecular weight is 325 g/mol. The summed E-state index contributed by atoms with van der Waals surface area (Å²) in [5.41, 5.74) is 1.11. The maximum atomic E-state index is 12.4. The van der Waals surface area contributed by atoms with Gasteiger partial charge < -0.3 is 9.47 Å². The number of carbonyl (C=O) groups excluding carboxylic acids is 1. The fourth-order valence-electron chi connectivity index (χ4n) is 1.93. The van der Waals surface area contributed by atoms with Crippen molar-refractivity contribution in [3.63, 3.8) is 0 Å². The lowest BCUT2D eigenvalue weighted by atomic mass is 10.0. The number of benzene rings is 2. The summed E-state index contributed by atoms with van der Waals surface area (Å²) in [6.45, 7) is 0. The van der Waals surface area contributed by atoms with Gasteiger partial charge >= 0.3 is 0 Å². The minimum atomic E-state index is -0.109. The molecule has 0 atom stereocenters. The van der Waals surface area contributed by atoms with Gasteiger partial charge in [-0.3, -0.25) is 4.79 Å². The number of carbonyl (C=O) groups is 1. The zero-order valence-corrected chi connectivity index (χ0v) is 13.2. The Hall–Kier alpha value is -1.71. The molecule has 0 aliphatic heterocycles. The Morgan fingerprint density at radius 2 is 1.52 bits per heavy atom. The molecule has 0 fully saturated rings. The van der Waals surface area contributed by atoms with E-state index >= 15 is 0 Å². The third-order valence-corrected chi connectivity index (χ3v) is 3.78. The van der Waals surface area contributed by atoms with E-state index in [0.29, 0.717) is 32.7 Å². The van der Waals surface area contributed by atoms with E-state index in [9.17, 15) is 4.79 Å². The molecule has 0 aromatic heterocycles. The molecule has 5 heteroatoms. The average Bonchev–Trinajstić information content (AvgIpc) is 2.50. The molecule has 0 saturated carbocycles. The summed E-state index contributed by atoms with van der Waals surface area (Å²) in [5, 5.41) is 0.955. The molecule has 0 bridgehead atoms. The van der Waals surface area contributed by atoms with Crippen molar-refractivity contribution < 1.29 is 14.3 Å². The van der Waals surface area contributed by atoms with Crippen LogP contribution in [0.5, 0.6) is 11.5 Å². The van der Waals surface area contributed by atoms with E-state index in [0.717, 1.165) is 0 Å². The molecule has 2 aromatic rings. The highest BCUT2D eigenvalue weighted by Crippen LogP contribution is 2.28. The van der Waals surface area contributed by atoms with Crippen LogP contribution < -0.4 is 9.47 Å². The van der Waals surface area contributed by atoms with Crippen LogP contribution in [0.4, 0.5) is 0 Å². The monoisotopic (exact) mass is 324 g/mol. The van der Waals surface area contributed by atoms with Crippen molar-refractivity contribution >= 4 is 29.0 Å². The molecular weight excluding hydrogens is 311 g/mol. The first-order valence-electron chi connectivity index (χ1n) is 6.24. The van der Waals surface area contributed by atoms with Crippen molar-refractivity contribution in [3.05, 3.63) is 57.6 Å². The fourth-order valence-corrected chi connectivity index (χ4v) is 2.46. The van der Waals surface area contributed by atoms with Gasteiger partial charge in [-0.25, -0.2) is 0 Å². The van der Waals surface area contributed by atoms with Gasteiger partial charge in [0.05, 0.1) is 14.2 Å². The number of halogens is 2. The first-order valence-corrected chi connectivity index (χ1v) is 7.00. The molecule has 3 nitrogen and oxygen atoms in total. The van der Waals surface area contributed by atoms with Gasteiger partial charge in [0.2, 0.25) is 0 Å². The topological polar surface area (TPSA) is 35.5 Å². The molecule has 21 heavy (non-hydrogen) atoms. The summed E-state index contributed by atoms with van der Waals surface area (Å²) >= 11 is 12.2. The first kappa shape index (κ1) is 15.7. The molecule has 0 N–H and O–H groups in total. The van der Waals surface area contributed by atoms with E-state index in [2.05, 4.69) is 0 Å². The molecule has 110 valence electrons. The summed E-state index contributed by atoms with van der Waals surface area (Å²) in [4.78, 5) is 12.4. The van der Waals surface area contributed by atoms with Crippen molar-refractivity contribution in [2.75, 3.05) is 14.2 Å². The summed E-state index contributed by atoms with van der Waals surface area (Å²) in [6.07, 6.45) is 0.120. The van der Waals surface area contributed by atoms with Crippen LogP contribution in [-0.4, -0.2) is 20.0 Å². The Kier molecular flexibility index (Phi) is 5.10. The van der Waals surface area contributed by atoms with Crippen LogP contribution in [-0.2, 0) is 6.42 Å². The number of ether oxygens (including phenoxy) is 2. The van der Waals surface area contributed by atoms with Crippen molar-refractivity contribution in [1.82, 2.24) is 0 Å². The predicted octanol–water partition coefficient (Wildman–Crippen LogP) is 4.44. The molecule has 0 heterocycles. The Labute approximate surface area is 133 Å². The highest BCUT2D eigenvalue weighted by molar-refractivity contribution is 6.36. The van der Waals surface area contributed by atoms with E-state index in [1.165, 1.54) is 14.2 Å². The third-order valence-electron chi connectivity index (χ3n) is 3.07. The number of hydrogen-bond donors (Lipinski definition) is 0. The van der Waals surface area contributed by atoms with Crippen LogP contribution in [0.2, 0.25) is 10.0 Å². The van der Waals surface area contributed by atoms with Crippen LogP contribution in [0, 0.1) is 0 Å². The highest BCUT2D eigenvalue weighted by atomic mass is 35.5. The van der Waals surface area contributed by atoms with Crippen molar-refractivity contribution in [1.29, 1.82) is 0 Å². The van der Waals surface area contributed by atoms with Gasteiger partial charge in [0.1, 0.15) is 11.5 Å². The SMILES string of the molecule is COc1cc(OC)cc(C(=O)Cc2c(Cl)cccc2Cl)c1. The van der Waals surface area contributed by atoms with E-state index in [1.54, 1.807) is 36.4 Å². The molecule has 0 radical (unpaired) electrons. The second-order valence-electron chi connectivity index (χ2n) is 4.40. The molecule has 2 aromatic carbocycles. The Morgan fingerprint density at radius 3 is 2.00 bits per heavy atom. The minimum absolute atomic E-state index is 0.109. The summed E-state index contributed by atoms with van der Waals surface area (Å²) in [7, 11) is 3.07. The van der Waals surface area contributed by atoms with Crippen molar-refractivity contribution in [3.8, 4) is 11.5 Å². The van der Waals surface area contributed by atoms with Crippen LogP contribution >= 0.6 is 23.2 Å². The summed E-state index contributed by atoms with van der Waals surface area (Å²) in [5.74, 6) is 1.01. The van der Waals surface area contributed by atoms with Crippen LogP contribution in [0.15, 0.2) is 36.4 Å². The maximum Gasteiger partial charge on any atom is 0.167 e. The number of Topliss-reactive ketones (excluding diaryl/α,β-unsaturated/α-hetero) is 1. The van der Waals surface area contributed by atoms with E-state index in [4.69, 9.17) is 32.7 Å². The zero-order valence-electron chi connectivity index (χ0n) is 11.7. The van der Waals surface area contributed by atoms with E-state index in [-0.39, 0.29) is 12.2 Å². The van der Waals surface area contributed by atoms with Gasteiger partial charge in [-0.2, -0.15) is 0 Å². The molecule has 0 amide bonds. The zero-order chi connectivity index (χ0) is 15.4. The molecule has 0 spiro atoms. The molecule has 0 unspecified atom stereocenters. The van der Waals surface area contributed by atoms with Crippen LogP contribution in [0.25, 0.3) is 0 Å². The quantitative estimate of drug-likeness (QED) is 0.763. The lowest BCUT2D eigenvalue weighted by molar-refractivity contribution is 0.0992. The van der Waals surface area contributed by atoms with Gasteiger partial charge in [-0.1, -0.05) is 29.3 Å². The number of ketones is 1. The summed E-state index contributed by atoms with van der Waals surface area (Å²) in [6, 6.07) is 10.2. The molecule has 0 aliphatic carbocycles. The molecular formula is C16H14Cl2O3. The lowest BCUT2D eigenvalue weighted by Gasteiger charge is -2.09. The first-order chi connectivity index (χ1) is 10.0. The van der Waals surface area contributed by atoms with Crippen LogP contribution in [0.3, 0.4) is 0 Å². The number of hydrogen-bond acceptors (Lipinski definition) is 3. The standard InChI is InChI=1S/C16H14Cl2O3/c1-20-11-6-10(7-12(8-11)21-2)16(19)9-13-14(17)4-3-5-15(13)18/h3-8H,9H2,1-2H3. The fraction of sp³-hybridized carbons (Fsp3) is 0.188. The molecule has 0 aliphatic rings. The second kappa shape index (κ2) is 6.83. The number of rotatable bonds is 5. The highest BCUT2D eigenvalue weighted by Gasteiger charge is 2.14. The molecule has 2 rings (SSSR count). The normalized spacial score (nSPS) is 10.3. The van der Waals surface area contributed by atoms with Crippen molar-refractivity contribution in [2.24, 2.45) is 0 Å². The van der Waals surface area contributed by atoms with Gasteiger partial charge in [0, 0.05) is 28.1 Å². The minimum Gasteiger partial charge on any atom is -0.497 e. The van der Waals surface area contributed by atoms with Gasteiger partial charge in [-0.15, -0.1) is 0 Å². The number of methoxy groups -OCH3 is 2. The second-order valence-corrected chi connectivity index (χ2v) is 5.22. The largest absolute Gasteiger partial charge is 0.497 e. The predicted molar refractivity (Wildman–Crippen MR) is 84.0 cm³/mol. The van der Waals surface area contributed by atoms with Crippen LogP contribution in [0.1, 0.15) is 15.9 Å². The molecule has 0 saturated heterocycles. The van der Waals surface area contributed by atoms with Crippen molar-refractivity contribution in [2.45, 2.75) is 6.42 Å². The Balaban J connectivity index is 2.32. The van der Waals surface area contributed by atoms with Gasteiger partial charge in [-0.05, 0) is 29.8 Å². The smallest absolute Gasteiger partial charge is 0.167 e.